The summed E-state index contributed by atoms with van der Waals surface area (Å²) in [6.07, 6.45) is 18.2. The van der Waals surface area contributed by atoms with Crippen molar-refractivity contribution >= 4 is 12.0 Å². The van der Waals surface area contributed by atoms with Crippen LogP contribution in [-0.4, -0.2) is 23.8 Å². The molecule has 0 aliphatic heterocycles. The van der Waals surface area contributed by atoms with Gasteiger partial charge in [-0.1, -0.05) is 79.0 Å². The summed E-state index contributed by atoms with van der Waals surface area (Å²) in [5, 5.41) is 9.71. The zero-order valence-electron chi connectivity index (χ0n) is 29.7. The number of hydrogen-bond donors (Lipinski definition) is 1. The summed E-state index contributed by atoms with van der Waals surface area (Å²) >= 11 is 0. The van der Waals surface area contributed by atoms with Crippen molar-refractivity contribution in [2.24, 2.45) is 51.8 Å². The van der Waals surface area contributed by atoms with E-state index in [4.69, 9.17) is 9.47 Å². The van der Waals surface area contributed by atoms with Crippen LogP contribution in [0.5, 0.6) is 5.75 Å². The average Bonchev–Trinajstić information content (AvgIpc) is 3.30. The maximum atomic E-state index is 12.9. The third-order valence-corrected chi connectivity index (χ3v) is 14.1. The topological polar surface area (TPSA) is 55.8 Å². The average molecular weight is 619 g/mol. The third-order valence-electron chi connectivity index (χ3n) is 14.1. The first-order chi connectivity index (χ1) is 21.4. The van der Waals surface area contributed by atoms with Crippen molar-refractivity contribution < 1.29 is 19.4 Å². The van der Waals surface area contributed by atoms with Gasteiger partial charge >= 0.3 is 5.97 Å². The summed E-state index contributed by atoms with van der Waals surface area (Å²) in [6, 6.07) is 5.61. The van der Waals surface area contributed by atoms with Crippen LogP contribution >= 0.6 is 0 Å². The zero-order chi connectivity index (χ0) is 32.6. The fraction of sp³-hybridized carbons (Fsp3) is 0.732. The Morgan fingerprint density at radius 1 is 1.00 bits per heavy atom. The molecule has 0 spiro atoms. The number of carbonyl (C=O) groups excluding carboxylic acids is 1. The smallest absolute Gasteiger partial charge is 0.331 e. The van der Waals surface area contributed by atoms with Crippen molar-refractivity contribution in [2.45, 2.75) is 132 Å². The first-order valence-corrected chi connectivity index (χ1v) is 18.3. The van der Waals surface area contributed by atoms with Crippen LogP contribution in [0.2, 0.25) is 0 Å². The Hall–Kier alpha value is -2.07. The van der Waals surface area contributed by atoms with E-state index in [2.05, 4.69) is 54.5 Å². The van der Waals surface area contributed by atoms with E-state index in [1.54, 1.807) is 11.6 Å². The lowest BCUT2D eigenvalue weighted by molar-refractivity contribution is -0.146. The first-order valence-electron chi connectivity index (χ1n) is 18.3. The second kappa shape index (κ2) is 13.6. The van der Waals surface area contributed by atoms with Crippen molar-refractivity contribution in [3.8, 4) is 5.75 Å². The number of ether oxygens (including phenoxy) is 2. The van der Waals surface area contributed by atoms with Gasteiger partial charge in [0.2, 0.25) is 0 Å². The minimum atomic E-state index is -0.285. The van der Waals surface area contributed by atoms with Gasteiger partial charge in [0.1, 0.15) is 11.9 Å². The third kappa shape index (κ3) is 6.43. The van der Waals surface area contributed by atoms with E-state index < -0.39 is 0 Å². The van der Waals surface area contributed by atoms with E-state index in [1.165, 1.54) is 51.0 Å². The van der Waals surface area contributed by atoms with Crippen LogP contribution in [0.3, 0.4) is 0 Å². The Bertz CT molecular complexity index is 1260. The molecular weight excluding hydrogens is 556 g/mol. The fourth-order valence-corrected chi connectivity index (χ4v) is 10.6. The van der Waals surface area contributed by atoms with E-state index >= 15 is 0 Å². The highest BCUT2D eigenvalue weighted by molar-refractivity contribution is 5.87. The molecule has 0 aromatic heterocycles. The highest BCUT2D eigenvalue weighted by Crippen LogP contribution is 2.72. The van der Waals surface area contributed by atoms with Gasteiger partial charge in [-0.3, -0.25) is 0 Å². The lowest BCUT2D eigenvalue weighted by Gasteiger charge is -2.63. The van der Waals surface area contributed by atoms with Crippen molar-refractivity contribution in [3.63, 3.8) is 0 Å². The number of carbonyl (C=O) groups is 1. The number of aliphatic hydroxyl groups excluding tert-OH is 1. The van der Waals surface area contributed by atoms with Crippen molar-refractivity contribution in [1.29, 1.82) is 0 Å². The van der Waals surface area contributed by atoms with E-state index in [0.717, 1.165) is 65.9 Å². The maximum absolute atomic E-state index is 12.9. The quantitative estimate of drug-likeness (QED) is 0.152. The van der Waals surface area contributed by atoms with Crippen LogP contribution in [0.15, 0.2) is 35.9 Å². The molecule has 3 saturated carbocycles. The van der Waals surface area contributed by atoms with Gasteiger partial charge in [-0.25, -0.2) is 4.79 Å². The SMILES string of the molecule is CCOc1ccc(/C=C/C(=O)OC2CCC3(C)C(=CCC4C3CCC3(C)C(C(C)CCC(C)C(C)C)CCC43C)C2)cc1CO. The lowest BCUT2D eigenvalue weighted by Crippen LogP contribution is -2.55. The van der Waals surface area contributed by atoms with Gasteiger partial charge in [-0.2, -0.15) is 0 Å². The van der Waals surface area contributed by atoms with E-state index in [9.17, 15) is 9.90 Å². The molecule has 250 valence electrons. The molecule has 9 atom stereocenters. The zero-order valence-corrected chi connectivity index (χ0v) is 29.7. The van der Waals surface area contributed by atoms with Crippen LogP contribution in [0, 0.1) is 51.8 Å². The molecule has 4 aliphatic carbocycles. The fourth-order valence-electron chi connectivity index (χ4n) is 10.6. The number of esters is 1. The normalized spacial score (nSPS) is 35.7. The Morgan fingerprint density at radius 3 is 2.47 bits per heavy atom. The van der Waals surface area contributed by atoms with Crippen molar-refractivity contribution in [2.75, 3.05) is 6.61 Å². The van der Waals surface area contributed by atoms with Gasteiger partial charge in [0, 0.05) is 18.1 Å². The van der Waals surface area contributed by atoms with Gasteiger partial charge in [-0.15, -0.1) is 0 Å². The molecule has 4 heteroatoms. The van der Waals surface area contributed by atoms with Crippen LogP contribution in [0.25, 0.3) is 6.08 Å². The lowest BCUT2D eigenvalue weighted by atomic mass is 9.42. The summed E-state index contributed by atoms with van der Waals surface area (Å²) in [5.74, 6) is 5.15. The molecule has 3 fully saturated rings. The standard InChI is InChI=1S/C41H62O4/c1-9-44-37-16-12-30(24-31(37)26-42)13-17-38(43)45-33-18-21-39(6)32(25-33)14-15-36-35(39)20-23-40(7)34(19-22-41(36,40)8)29(5)11-10-28(4)27(2)3/h12-14,16-17,24,27-29,33-36,42H,9-11,15,18-23,25-26H2,1-8H3/b17-13+. The number of benzene rings is 1. The molecule has 0 radical (unpaired) electrons. The highest BCUT2D eigenvalue weighted by Gasteiger charge is 2.64. The highest BCUT2D eigenvalue weighted by atomic mass is 16.5. The first kappa shape index (κ1) is 34.3. The number of allylic oxidation sites excluding steroid dienone is 1. The van der Waals surface area contributed by atoms with Gasteiger partial charge in [0.15, 0.2) is 0 Å². The van der Waals surface area contributed by atoms with Gasteiger partial charge in [-0.05, 0) is 127 Å². The Kier molecular flexibility index (Phi) is 10.3. The van der Waals surface area contributed by atoms with E-state index in [-0.39, 0.29) is 24.1 Å². The minimum absolute atomic E-state index is 0.0549. The van der Waals surface area contributed by atoms with E-state index in [0.29, 0.717) is 23.2 Å². The van der Waals surface area contributed by atoms with Gasteiger partial charge in [0.05, 0.1) is 13.2 Å². The molecule has 4 nitrogen and oxygen atoms in total. The molecule has 1 N–H and O–H groups in total. The molecule has 5 rings (SSSR count). The Labute approximate surface area is 274 Å². The van der Waals surface area contributed by atoms with Crippen LogP contribution in [0.4, 0.5) is 0 Å². The predicted octanol–water partition coefficient (Wildman–Crippen LogP) is 10.2. The van der Waals surface area contributed by atoms with E-state index in [1.807, 2.05) is 25.1 Å². The second-order valence-corrected chi connectivity index (χ2v) is 16.5. The largest absolute Gasteiger partial charge is 0.494 e. The Balaban J connectivity index is 1.23. The molecule has 1 aromatic rings. The maximum Gasteiger partial charge on any atom is 0.331 e. The minimum Gasteiger partial charge on any atom is -0.494 e. The summed E-state index contributed by atoms with van der Waals surface area (Å²) in [6.45, 7) is 20.1. The van der Waals surface area contributed by atoms with Gasteiger partial charge < -0.3 is 14.6 Å². The van der Waals surface area contributed by atoms with Crippen molar-refractivity contribution in [1.82, 2.24) is 0 Å². The monoisotopic (exact) mass is 618 g/mol. The number of fused-ring (bicyclic) bond motifs is 5. The summed E-state index contributed by atoms with van der Waals surface area (Å²) < 4.78 is 11.6. The molecule has 1 aromatic carbocycles. The molecule has 4 aliphatic rings. The molecule has 45 heavy (non-hydrogen) atoms. The molecule has 0 bridgehead atoms. The number of rotatable bonds is 11. The second-order valence-electron chi connectivity index (χ2n) is 16.5. The summed E-state index contributed by atoms with van der Waals surface area (Å²) in [4.78, 5) is 12.9. The van der Waals surface area contributed by atoms with Crippen LogP contribution < -0.4 is 4.74 Å². The van der Waals surface area contributed by atoms with Crippen LogP contribution in [0.1, 0.15) is 131 Å². The predicted molar refractivity (Wildman–Crippen MR) is 185 cm³/mol. The number of hydrogen-bond acceptors (Lipinski definition) is 4. The summed E-state index contributed by atoms with van der Waals surface area (Å²) in [7, 11) is 0. The van der Waals surface area contributed by atoms with Crippen LogP contribution in [-0.2, 0) is 16.1 Å². The molecular formula is C41H62O4. The number of aliphatic hydroxyl groups is 1. The molecule has 0 saturated heterocycles. The summed E-state index contributed by atoms with van der Waals surface area (Å²) in [5.41, 5.74) is 4.20. The van der Waals surface area contributed by atoms with Gasteiger partial charge in [0.25, 0.3) is 0 Å². The molecule has 0 heterocycles. The van der Waals surface area contributed by atoms with Crippen molar-refractivity contribution in [3.05, 3.63) is 47.1 Å². The molecule has 0 amide bonds. The molecule has 9 unspecified atom stereocenters. The Morgan fingerprint density at radius 2 is 1.76 bits per heavy atom.